The summed E-state index contributed by atoms with van der Waals surface area (Å²) in [7, 11) is 0. The highest BCUT2D eigenvalue weighted by Gasteiger charge is 2.06. The van der Waals surface area contributed by atoms with Crippen molar-refractivity contribution in [2.24, 2.45) is 0 Å². The van der Waals surface area contributed by atoms with Crippen LogP contribution in [0.5, 0.6) is 11.5 Å². The Morgan fingerprint density at radius 2 is 1.88 bits per heavy atom. The first-order valence-electron chi connectivity index (χ1n) is 5.06. The fraction of sp³-hybridized carbons (Fsp3) is 0.0769. The minimum Gasteiger partial charge on any atom is -0.454 e. The van der Waals surface area contributed by atoms with Crippen molar-refractivity contribution in [3.63, 3.8) is 0 Å². The Balaban J connectivity index is 2.34. The van der Waals surface area contributed by atoms with Crippen molar-refractivity contribution in [3.8, 4) is 11.5 Å². The topological polar surface area (TPSA) is 35.2 Å². The zero-order chi connectivity index (χ0) is 12.3. The predicted octanol–water partition coefficient (Wildman–Crippen LogP) is 4.44. The van der Waals surface area contributed by atoms with E-state index in [4.69, 9.17) is 22.1 Å². The number of ether oxygens (including phenoxy) is 1. The van der Waals surface area contributed by atoms with Crippen LogP contribution in [0, 0.1) is 0 Å². The first-order valence-corrected chi connectivity index (χ1v) is 6.67. The van der Waals surface area contributed by atoms with Gasteiger partial charge in [0.1, 0.15) is 5.75 Å². The highest BCUT2D eigenvalue weighted by molar-refractivity contribution is 7.98. The summed E-state index contributed by atoms with van der Waals surface area (Å²) in [6.45, 7) is 0. The van der Waals surface area contributed by atoms with Gasteiger partial charge in [-0.15, -0.1) is 11.8 Å². The van der Waals surface area contributed by atoms with E-state index in [-0.39, 0.29) is 0 Å². The summed E-state index contributed by atoms with van der Waals surface area (Å²) >= 11 is 7.54. The van der Waals surface area contributed by atoms with Gasteiger partial charge in [-0.2, -0.15) is 0 Å². The molecule has 2 aromatic carbocycles. The SMILES string of the molecule is CSc1ccccc1Oc1cc(Cl)ccc1N. The van der Waals surface area contributed by atoms with Crippen molar-refractivity contribution in [1.29, 1.82) is 0 Å². The van der Waals surface area contributed by atoms with E-state index in [0.717, 1.165) is 10.6 Å². The largest absolute Gasteiger partial charge is 0.454 e. The molecule has 2 aromatic rings. The zero-order valence-corrected chi connectivity index (χ0v) is 10.9. The maximum atomic E-state index is 5.92. The molecule has 0 spiro atoms. The maximum Gasteiger partial charge on any atom is 0.151 e. The Morgan fingerprint density at radius 3 is 2.65 bits per heavy atom. The highest BCUT2D eigenvalue weighted by atomic mass is 35.5. The Morgan fingerprint density at radius 1 is 1.12 bits per heavy atom. The molecule has 0 aliphatic rings. The van der Waals surface area contributed by atoms with E-state index < -0.39 is 0 Å². The summed E-state index contributed by atoms with van der Waals surface area (Å²) in [5, 5.41) is 0.607. The van der Waals surface area contributed by atoms with Gasteiger partial charge in [0.05, 0.1) is 5.69 Å². The van der Waals surface area contributed by atoms with Gasteiger partial charge in [-0.05, 0) is 30.5 Å². The van der Waals surface area contributed by atoms with Crippen molar-refractivity contribution in [2.75, 3.05) is 12.0 Å². The maximum absolute atomic E-state index is 5.92. The van der Waals surface area contributed by atoms with E-state index in [9.17, 15) is 0 Å². The fourth-order valence-electron chi connectivity index (χ4n) is 1.42. The molecule has 0 heterocycles. The standard InChI is InChI=1S/C13H12ClNOS/c1-17-13-5-3-2-4-11(13)16-12-8-9(14)6-7-10(12)15/h2-8H,15H2,1H3. The summed E-state index contributed by atoms with van der Waals surface area (Å²) in [6.07, 6.45) is 2.00. The summed E-state index contributed by atoms with van der Waals surface area (Å²) in [4.78, 5) is 1.06. The quantitative estimate of drug-likeness (QED) is 0.658. The number of benzene rings is 2. The number of anilines is 1. The minimum absolute atomic E-state index is 0.574. The molecular formula is C13H12ClNOS. The number of halogens is 1. The Labute approximate surface area is 110 Å². The van der Waals surface area contributed by atoms with Gasteiger partial charge in [0, 0.05) is 16.0 Å². The molecule has 0 radical (unpaired) electrons. The number of hydrogen-bond donors (Lipinski definition) is 1. The van der Waals surface area contributed by atoms with Crippen molar-refractivity contribution >= 4 is 29.1 Å². The third kappa shape index (κ3) is 2.87. The lowest BCUT2D eigenvalue weighted by Gasteiger charge is -2.11. The van der Waals surface area contributed by atoms with Gasteiger partial charge in [0.2, 0.25) is 0 Å². The summed E-state index contributed by atoms with van der Waals surface area (Å²) in [5.41, 5.74) is 6.41. The molecule has 0 aliphatic heterocycles. The molecule has 0 amide bonds. The molecule has 17 heavy (non-hydrogen) atoms. The number of hydrogen-bond acceptors (Lipinski definition) is 3. The van der Waals surface area contributed by atoms with Crippen LogP contribution in [0.2, 0.25) is 5.02 Å². The van der Waals surface area contributed by atoms with E-state index in [0.29, 0.717) is 16.5 Å². The van der Waals surface area contributed by atoms with Crippen molar-refractivity contribution < 1.29 is 4.74 Å². The van der Waals surface area contributed by atoms with Gasteiger partial charge in [-0.3, -0.25) is 0 Å². The van der Waals surface area contributed by atoms with Crippen LogP contribution in [0.3, 0.4) is 0 Å². The number of rotatable bonds is 3. The lowest BCUT2D eigenvalue weighted by Crippen LogP contribution is -1.92. The van der Waals surface area contributed by atoms with E-state index >= 15 is 0 Å². The molecule has 0 bridgehead atoms. The number of nitrogens with two attached hydrogens (primary N) is 1. The lowest BCUT2D eigenvalue weighted by molar-refractivity contribution is 0.473. The summed E-state index contributed by atoms with van der Waals surface area (Å²) in [6, 6.07) is 13.0. The average Bonchev–Trinajstić information content (AvgIpc) is 2.34. The lowest BCUT2D eigenvalue weighted by atomic mass is 10.3. The van der Waals surface area contributed by atoms with Crippen LogP contribution in [0.4, 0.5) is 5.69 Å². The molecule has 0 unspecified atom stereocenters. The van der Waals surface area contributed by atoms with Crippen LogP contribution in [0.15, 0.2) is 47.4 Å². The second-order valence-corrected chi connectivity index (χ2v) is 4.72. The van der Waals surface area contributed by atoms with E-state index in [1.807, 2.05) is 30.5 Å². The van der Waals surface area contributed by atoms with Crippen LogP contribution in [-0.2, 0) is 0 Å². The monoisotopic (exact) mass is 265 g/mol. The molecule has 2 rings (SSSR count). The van der Waals surface area contributed by atoms with Crippen LogP contribution in [-0.4, -0.2) is 6.26 Å². The Kier molecular flexibility index (Phi) is 3.82. The molecule has 0 saturated heterocycles. The van der Waals surface area contributed by atoms with Gasteiger partial charge in [-0.1, -0.05) is 23.7 Å². The molecule has 0 fully saturated rings. The highest BCUT2D eigenvalue weighted by Crippen LogP contribution is 2.34. The average molecular weight is 266 g/mol. The van der Waals surface area contributed by atoms with Crippen molar-refractivity contribution in [2.45, 2.75) is 4.90 Å². The number of para-hydroxylation sites is 1. The predicted molar refractivity (Wildman–Crippen MR) is 74.2 cm³/mol. The summed E-state index contributed by atoms with van der Waals surface area (Å²) in [5.74, 6) is 1.37. The smallest absolute Gasteiger partial charge is 0.151 e. The molecule has 0 saturated carbocycles. The van der Waals surface area contributed by atoms with Crippen LogP contribution < -0.4 is 10.5 Å². The molecule has 0 atom stereocenters. The fourth-order valence-corrected chi connectivity index (χ4v) is 2.11. The Bertz CT molecular complexity index is 531. The summed E-state index contributed by atoms with van der Waals surface area (Å²) < 4.78 is 5.78. The zero-order valence-electron chi connectivity index (χ0n) is 9.31. The third-order valence-electron chi connectivity index (χ3n) is 2.26. The normalized spacial score (nSPS) is 10.2. The van der Waals surface area contributed by atoms with Gasteiger partial charge in [-0.25, -0.2) is 0 Å². The van der Waals surface area contributed by atoms with Gasteiger partial charge in [0.25, 0.3) is 0 Å². The molecular weight excluding hydrogens is 254 g/mol. The second-order valence-electron chi connectivity index (χ2n) is 3.44. The van der Waals surface area contributed by atoms with Gasteiger partial charge >= 0.3 is 0 Å². The minimum atomic E-state index is 0.574. The van der Waals surface area contributed by atoms with E-state index in [1.165, 1.54) is 0 Å². The molecule has 0 aliphatic carbocycles. The number of nitrogen functional groups attached to an aromatic ring is 1. The van der Waals surface area contributed by atoms with E-state index in [2.05, 4.69) is 0 Å². The molecule has 4 heteroatoms. The number of thioether (sulfide) groups is 1. The molecule has 88 valence electrons. The van der Waals surface area contributed by atoms with Crippen LogP contribution in [0.25, 0.3) is 0 Å². The molecule has 0 aromatic heterocycles. The van der Waals surface area contributed by atoms with Crippen LogP contribution >= 0.6 is 23.4 Å². The van der Waals surface area contributed by atoms with E-state index in [1.54, 1.807) is 30.0 Å². The van der Waals surface area contributed by atoms with Gasteiger partial charge < -0.3 is 10.5 Å². The van der Waals surface area contributed by atoms with Crippen molar-refractivity contribution in [1.82, 2.24) is 0 Å². The first kappa shape index (κ1) is 12.1. The Hall–Kier alpha value is -1.32. The first-order chi connectivity index (χ1) is 8.20. The van der Waals surface area contributed by atoms with Crippen LogP contribution in [0.1, 0.15) is 0 Å². The van der Waals surface area contributed by atoms with Crippen molar-refractivity contribution in [3.05, 3.63) is 47.5 Å². The second kappa shape index (κ2) is 5.34. The molecule has 2 N–H and O–H groups in total. The van der Waals surface area contributed by atoms with Gasteiger partial charge in [0.15, 0.2) is 5.75 Å². The third-order valence-corrected chi connectivity index (χ3v) is 3.28. The molecule has 2 nitrogen and oxygen atoms in total.